The topological polar surface area (TPSA) is 85.7 Å². The van der Waals surface area contributed by atoms with Crippen molar-refractivity contribution in [3.63, 3.8) is 0 Å². The molecule has 0 aromatic carbocycles. The van der Waals surface area contributed by atoms with Gasteiger partial charge in [-0.3, -0.25) is 5.10 Å². The number of rotatable bonds is 3. The SMILES string of the molecule is CCOC(=O)c1nn(-c2nc(C)cs2)c2c1-c1[nH]ncc1CC2. The van der Waals surface area contributed by atoms with E-state index in [1.54, 1.807) is 17.8 Å². The second-order valence-corrected chi connectivity index (χ2v) is 6.18. The molecule has 1 N–H and O–H groups in total. The molecule has 7 nitrogen and oxygen atoms in total. The first-order chi connectivity index (χ1) is 11.2. The molecule has 0 fully saturated rings. The number of nitrogens with zero attached hydrogens (tertiary/aromatic N) is 4. The van der Waals surface area contributed by atoms with Gasteiger partial charge >= 0.3 is 5.97 Å². The fraction of sp³-hybridized carbons (Fsp3) is 0.333. The van der Waals surface area contributed by atoms with Crippen molar-refractivity contribution >= 4 is 17.3 Å². The number of carbonyl (C=O) groups is 1. The highest BCUT2D eigenvalue weighted by Crippen LogP contribution is 2.36. The minimum Gasteiger partial charge on any atom is -0.461 e. The van der Waals surface area contributed by atoms with Crippen LogP contribution in [0, 0.1) is 6.92 Å². The molecule has 118 valence electrons. The van der Waals surface area contributed by atoms with Crippen LogP contribution in [0.25, 0.3) is 16.4 Å². The van der Waals surface area contributed by atoms with Crippen molar-refractivity contribution in [1.82, 2.24) is 25.0 Å². The summed E-state index contributed by atoms with van der Waals surface area (Å²) in [5.41, 5.74) is 4.96. The van der Waals surface area contributed by atoms with Gasteiger partial charge in [-0.15, -0.1) is 11.3 Å². The largest absolute Gasteiger partial charge is 0.461 e. The Hall–Kier alpha value is -2.48. The summed E-state index contributed by atoms with van der Waals surface area (Å²) in [5.74, 6) is -0.418. The van der Waals surface area contributed by atoms with Crippen LogP contribution in [-0.2, 0) is 17.6 Å². The summed E-state index contributed by atoms with van der Waals surface area (Å²) in [6, 6.07) is 0. The summed E-state index contributed by atoms with van der Waals surface area (Å²) >= 11 is 1.51. The molecule has 0 atom stereocenters. The van der Waals surface area contributed by atoms with Crippen LogP contribution in [-0.4, -0.2) is 37.5 Å². The van der Waals surface area contributed by atoms with Crippen molar-refractivity contribution in [2.24, 2.45) is 0 Å². The molecule has 3 aromatic rings. The van der Waals surface area contributed by atoms with Crippen molar-refractivity contribution in [2.45, 2.75) is 26.7 Å². The lowest BCUT2D eigenvalue weighted by molar-refractivity contribution is 0.0520. The molecule has 0 amide bonds. The standard InChI is InChI=1S/C15H15N5O2S/c1-3-22-14(21)13-11-10(5-4-9-6-16-18-12(9)11)20(19-13)15-17-8(2)7-23-15/h6-7H,3-5H2,1-2H3,(H,16,18). The number of carbonyl (C=O) groups excluding carboxylic acids is 1. The van der Waals surface area contributed by atoms with Crippen LogP contribution in [0.3, 0.4) is 0 Å². The molecule has 0 saturated carbocycles. The third-order valence-electron chi connectivity index (χ3n) is 3.84. The zero-order chi connectivity index (χ0) is 16.0. The molecular weight excluding hydrogens is 314 g/mol. The Morgan fingerprint density at radius 3 is 3.09 bits per heavy atom. The minimum atomic E-state index is -0.418. The van der Waals surface area contributed by atoms with E-state index in [0.717, 1.165) is 46.2 Å². The monoisotopic (exact) mass is 329 g/mol. The summed E-state index contributed by atoms with van der Waals surface area (Å²) in [6.45, 7) is 4.04. The predicted molar refractivity (Wildman–Crippen MR) is 84.9 cm³/mol. The number of fused-ring (bicyclic) bond motifs is 3. The van der Waals surface area contributed by atoms with E-state index in [2.05, 4.69) is 20.3 Å². The number of H-pyrrole nitrogens is 1. The van der Waals surface area contributed by atoms with Crippen molar-refractivity contribution in [3.8, 4) is 16.4 Å². The van der Waals surface area contributed by atoms with Crippen LogP contribution in [0.5, 0.6) is 0 Å². The Bertz CT molecular complexity index is 892. The van der Waals surface area contributed by atoms with Gasteiger partial charge in [-0.05, 0) is 32.3 Å². The van der Waals surface area contributed by atoms with Crippen molar-refractivity contribution < 1.29 is 9.53 Å². The molecule has 4 rings (SSSR count). The Labute approximate surface area is 136 Å². The van der Waals surface area contributed by atoms with Gasteiger partial charge in [0.05, 0.1) is 35.4 Å². The first-order valence-electron chi connectivity index (χ1n) is 7.43. The van der Waals surface area contributed by atoms with E-state index in [1.165, 1.54) is 11.3 Å². The fourth-order valence-electron chi connectivity index (χ4n) is 2.86. The maximum atomic E-state index is 12.3. The summed E-state index contributed by atoms with van der Waals surface area (Å²) in [5, 5.41) is 14.3. The van der Waals surface area contributed by atoms with Gasteiger partial charge in [0.25, 0.3) is 0 Å². The summed E-state index contributed by atoms with van der Waals surface area (Å²) in [4.78, 5) is 16.8. The van der Waals surface area contributed by atoms with Gasteiger partial charge in [-0.25, -0.2) is 14.5 Å². The number of hydrogen-bond acceptors (Lipinski definition) is 6. The van der Waals surface area contributed by atoms with Gasteiger partial charge in [0.2, 0.25) is 5.13 Å². The first-order valence-corrected chi connectivity index (χ1v) is 8.31. The zero-order valence-corrected chi connectivity index (χ0v) is 13.6. The minimum absolute atomic E-state index is 0.312. The molecule has 1 aliphatic carbocycles. The van der Waals surface area contributed by atoms with Gasteiger partial charge in [0, 0.05) is 5.38 Å². The lowest BCUT2D eigenvalue weighted by Crippen LogP contribution is -2.09. The van der Waals surface area contributed by atoms with Crippen LogP contribution in [0.2, 0.25) is 0 Å². The highest BCUT2D eigenvalue weighted by Gasteiger charge is 2.31. The fourth-order valence-corrected chi connectivity index (χ4v) is 3.63. The average molecular weight is 329 g/mol. The van der Waals surface area contributed by atoms with E-state index in [-0.39, 0.29) is 0 Å². The van der Waals surface area contributed by atoms with E-state index < -0.39 is 5.97 Å². The van der Waals surface area contributed by atoms with E-state index in [4.69, 9.17) is 4.74 Å². The molecule has 0 radical (unpaired) electrons. The second-order valence-electron chi connectivity index (χ2n) is 5.34. The average Bonchev–Trinajstić information content (AvgIpc) is 3.23. The van der Waals surface area contributed by atoms with Gasteiger partial charge in [-0.1, -0.05) is 0 Å². The second kappa shape index (κ2) is 5.31. The van der Waals surface area contributed by atoms with Crippen molar-refractivity contribution in [3.05, 3.63) is 34.2 Å². The summed E-state index contributed by atoms with van der Waals surface area (Å²) in [6.07, 6.45) is 3.45. The Morgan fingerprint density at radius 2 is 2.35 bits per heavy atom. The number of esters is 1. The first kappa shape index (κ1) is 14.1. The number of thiazole rings is 1. The molecule has 0 unspecified atom stereocenters. The van der Waals surface area contributed by atoms with Crippen LogP contribution in [0.15, 0.2) is 11.6 Å². The number of aryl methyl sites for hydroxylation is 2. The van der Waals surface area contributed by atoms with Gasteiger partial charge < -0.3 is 4.74 Å². The quantitative estimate of drug-likeness (QED) is 0.745. The smallest absolute Gasteiger partial charge is 0.359 e. The van der Waals surface area contributed by atoms with E-state index in [0.29, 0.717) is 12.3 Å². The maximum Gasteiger partial charge on any atom is 0.359 e. The van der Waals surface area contributed by atoms with Gasteiger partial charge in [0.15, 0.2) is 5.69 Å². The number of ether oxygens (including phenoxy) is 1. The van der Waals surface area contributed by atoms with Crippen LogP contribution >= 0.6 is 11.3 Å². The molecule has 8 heteroatoms. The van der Waals surface area contributed by atoms with Crippen LogP contribution in [0.4, 0.5) is 0 Å². The zero-order valence-electron chi connectivity index (χ0n) is 12.8. The molecule has 0 spiro atoms. The molecule has 0 bridgehead atoms. The van der Waals surface area contributed by atoms with Crippen LogP contribution in [0.1, 0.15) is 34.4 Å². The highest BCUT2D eigenvalue weighted by molar-refractivity contribution is 7.12. The van der Waals surface area contributed by atoms with Crippen molar-refractivity contribution in [2.75, 3.05) is 6.61 Å². The number of aromatic nitrogens is 5. The van der Waals surface area contributed by atoms with Gasteiger partial charge in [-0.2, -0.15) is 10.2 Å². The summed E-state index contributed by atoms with van der Waals surface area (Å²) < 4.78 is 6.94. The van der Waals surface area contributed by atoms with E-state index in [1.807, 2.05) is 12.3 Å². The number of hydrogen-bond donors (Lipinski definition) is 1. The lowest BCUT2D eigenvalue weighted by Gasteiger charge is -2.13. The van der Waals surface area contributed by atoms with Crippen molar-refractivity contribution in [1.29, 1.82) is 0 Å². The normalized spacial score (nSPS) is 12.8. The molecule has 0 saturated heterocycles. The molecule has 3 aromatic heterocycles. The maximum absolute atomic E-state index is 12.3. The Kier molecular flexibility index (Phi) is 3.26. The molecule has 1 aliphatic rings. The number of nitrogens with one attached hydrogen (secondary N) is 1. The molecule has 3 heterocycles. The molecular formula is C15H15N5O2S. The van der Waals surface area contributed by atoms with E-state index in [9.17, 15) is 4.79 Å². The molecule has 0 aliphatic heterocycles. The highest BCUT2D eigenvalue weighted by atomic mass is 32.1. The Balaban J connectivity index is 1.94. The van der Waals surface area contributed by atoms with Gasteiger partial charge in [0.1, 0.15) is 0 Å². The summed E-state index contributed by atoms with van der Waals surface area (Å²) in [7, 11) is 0. The third kappa shape index (κ3) is 2.17. The third-order valence-corrected chi connectivity index (χ3v) is 4.77. The number of aromatic amines is 1. The predicted octanol–water partition coefficient (Wildman–Crippen LogP) is 2.30. The molecule has 23 heavy (non-hydrogen) atoms. The Morgan fingerprint density at radius 1 is 1.48 bits per heavy atom. The van der Waals surface area contributed by atoms with E-state index >= 15 is 0 Å². The van der Waals surface area contributed by atoms with Crippen LogP contribution < -0.4 is 0 Å². The lowest BCUT2D eigenvalue weighted by atomic mass is 9.94.